The normalized spacial score (nSPS) is 11.5. The van der Waals surface area contributed by atoms with E-state index in [-0.39, 0.29) is 0 Å². The summed E-state index contributed by atoms with van der Waals surface area (Å²) in [6.45, 7) is 12.6. The molecule has 0 spiro atoms. The smallest absolute Gasteiger partial charge is 0.183 e. The minimum atomic E-state index is -1.32. The summed E-state index contributed by atoms with van der Waals surface area (Å²) in [5, 5.41) is 0. The van der Waals surface area contributed by atoms with E-state index in [1.807, 2.05) is 0 Å². The van der Waals surface area contributed by atoms with Crippen LogP contribution in [0.15, 0.2) is 4.99 Å². The van der Waals surface area contributed by atoms with Gasteiger partial charge >= 0.3 is 0 Å². The molecule has 2 nitrogen and oxygen atoms in total. The Labute approximate surface area is 83.5 Å². The fraction of sp³-hybridized carbons (Fsp3) is 0.900. The molecular formula is C10H23NOSi. The van der Waals surface area contributed by atoms with Crippen LogP contribution in [-0.2, 0) is 4.43 Å². The maximum absolute atomic E-state index is 5.70. The van der Waals surface area contributed by atoms with E-state index in [1.54, 1.807) is 0 Å². The molecule has 0 aromatic heterocycles. The highest BCUT2D eigenvalue weighted by Crippen LogP contribution is 2.01. The van der Waals surface area contributed by atoms with Crippen LogP contribution in [0.2, 0.25) is 19.6 Å². The van der Waals surface area contributed by atoms with Gasteiger partial charge in [-0.05, 0) is 32.5 Å². The van der Waals surface area contributed by atoms with E-state index in [4.69, 9.17) is 4.43 Å². The summed E-state index contributed by atoms with van der Waals surface area (Å²) in [5.41, 5.74) is 1.30. The summed E-state index contributed by atoms with van der Waals surface area (Å²) in [5.74, 6) is 0. The van der Waals surface area contributed by atoms with Gasteiger partial charge < -0.3 is 4.43 Å². The zero-order chi connectivity index (χ0) is 10.3. The Kier molecular flexibility index (Phi) is 6.25. The predicted molar refractivity (Wildman–Crippen MR) is 62.2 cm³/mol. The van der Waals surface area contributed by atoms with Gasteiger partial charge in [-0.2, -0.15) is 0 Å². The third-order valence-electron chi connectivity index (χ3n) is 1.78. The van der Waals surface area contributed by atoms with Crippen LogP contribution in [0, 0.1) is 0 Å². The monoisotopic (exact) mass is 201 g/mol. The van der Waals surface area contributed by atoms with Crippen LogP contribution in [0.3, 0.4) is 0 Å². The van der Waals surface area contributed by atoms with E-state index < -0.39 is 8.32 Å². The molecule has 0 aliphatic heterocycles. The second-order valence-electron chi connectivity index (χ2n) is 4.12. The van der Waals surface area contributed by atoms with E-state index in [0.717, 1.165) is 26.0 Å². The van der Waals surface area contributed by atoms with Crippen molar-refractivity contribution in [2.24, 2.45) is 4.99 Å². The van der Waals surface area contributed by atoms with Crippen LogP contribution in [-0.4, -0.2) is 27.2 Å². The van der Waals surface area contributed by atoms with Crippen molar-refractivity contribution in [3.63, 3.8) is 0 Å². The van der Waals surface area contributed by atoms with E-state index in [9.17, 15) is 0 Å². The quantitative estimate of drug-likeness (QED) is 0.367. The number of rotatable bonds is 6. The van der Waals surface area contributed by atoms with Gasteiger partial charge in [-0.3, -0.25) is 4.99 Å². The maximum atomic E-state index is 5.70. The molecule has 0 aromatic carbocycles. The van der Waals surface area contributed by atoms with Crippen molar-refractivity contribution in [3.8, 4) is 0 Å². The first-order valence-electron chi connectivity index (χ1n) is 5.15. The molecule has 0 aliphatic carbocycles. The molecule has 3 heteroatoms. The van der Waals surface area contributed by atoms with Gasteiger partial charge in [0, 0.05) is 5.71 Å². The Balaban J connectivity index is 3.60. The molecular weight excluding hydrogens is 178 g/mol. The molecule has 0 amide bonds. The number of hydrogen-bond donors (Lipinski definition) is 0. The fourth-order valence-corrected chi connectivity index (χ4v) is 1.73. The summed E-state index contributed by atoms with van der Waals surface area (Å²) in [6, 6.07) is 0. The fourth-order valence-electron chi connectivity index (χ4n) is 1.03. The van der Waals surface area contributed by atoms with Gasteiger partial charge in [0.1, 0.15) is 0 Å². The minimum Gasteiger partial charge on any atom is -0.416 e. The lowest BCUT2D eigenvalue weighted by molar-refractivity contribution is 0.322. The van der Waals surface area contributed by atoms with Crippen molar-refractivity contribution in [2.75, 3.05) is 13.2 Å². The van der Waals surface area contributed by atoms with Crippen LogP contribution in [0.1, 0.15) is 26.7 Å². The van der Waals surface area contributed by atoms with Gasteiger partial charge in [0.05, 0.1) is 13.2 Å². The van der Waals surface area contributed by atoms with E-state index in [1.165, 1.54) is 5.71 Å². The molecule has 0 heterocycles. The van der Waals surface area contributed by atoms with Crippen molar-refractivity contribution in [2.45, 2.75) is 46.3 Å². The van der Waals surface area contributed by atoms with Gasteiger partial charge in [0.15, 0.2) is 8.32 Å². The first kappa shape index (κ1) is 12.8. The van der Waals surface area contributed by atoms with Crippen LogP contribution < -0.4 is 0 Å². The Hall–Kier alpha value is -0.153. The summed E-state index contributed by atoms with van der Waals surface area (Å²) >= 11 is 0. The molecule has 0 N–H and O–H groups in total. The minimum absolute atomic E-state index is 0.791. The van der Waals surface area contributed by atoms with Crippen molar-refractivity contribution in [1.29, 1.82) is 0 Å². The van der Waals surface area contributed by atoms with Gasteiger partial charge in [-0.25, -0.2) is 0 Å². The lowest BCUT2D eigenvalue weighted by Gasteiger charge is -2.16. The summed E-state index contributed by atoms with van der Waals surface area (Å²) in [7, 11) is -1.32. The van der Waals surface area contributed by atoms with Crippen molar-refractivity contribution >= 4 is 14.0 Å². The number of nitrogens with zero attached hydrogens (tertiary/aromatic N) is 1. The van der Waals surface area contributed by atoms with E-state index >= 15 is 0 Å². The molecule has 0 aromatic rings. The third-order valence-corrected chi connectivity index (χ3v) is 2.85. The Morgan fingerprint density at radius 1 is 1.15 bits per heavy atom. The molecule has 13 heavy (non-hydrogen) atoms. The van der Waals surface area contributed by atoms with E-state index in [0.29, 0.717) is 0 Å². The van der Waals surface area contributed by atoms with E-state index in [2.05, 4.69) is 38.5 Å². The highest BCUT2D eigenvalue weighted by molar-refractivity contribution is 6.69. The SMILES string of the molecule is CCC(CC)=NCCO[Si](C)(C)C. The zero-order valence-corrected chi connectivity index (χ0v) is 10.7. The summed E-state index contributed by atoms with van der Waals surface area (Å²) < 4.78 is 5.70. The molecule has 0 fully saturated rings. The summed E-state index contributed by atoms with van der Waals surface area (Å²) in [6.07, 6.45) is 2.15. The molecule has 0 bridgehead atoms. The average molecular weight is 201 g/mol. The maximum Gasteiger partial charge on any atom is 0.183 e. The lowest BCUT2D eigenvalue weighted by atomic mass is 10.2. The molecule has 78 valence electrons. The van der Waals surface area contributed by atoms with Gasteiger partial charge in [-0.15, -0.1) is 0 Å². The lowest BCUT2D eigenvalue weighted by Crippen LogP contribution is -2.26. The van der Waals surface area contributed by atoms with Crippen molar-refractivity contribution < 1.29 is 4.43 Å². The van der Waals surface area contributed by atoms with Crippen LogP contribution in [0.5, 0.6) is 0 Å². The largest absolute Gasteiger partial charge is 0.416 e. The second-order valence-corrected chi connectivity index (χ2v) is 8.63. The highest BCUT2D eigenvalue weighted by Gasteiger charge is 2.12. The van der Waals surface area contributed by atoms with Crippen LogP contribution in [0.4, 0.5) is 0 Å². The van der Waals surface area contributed by atoms with Crippen molar-refractivity contribution in [3.05, 3.63) is 0 Å². The Bertz CT molecular complexity index is 155. The van der Waals surface area contributed by atoms with Crippen LogP contribution in [0.25, 0.3) is 0 Å². The molecule has 0 rings (SSSR count). The number of aliphatic imine (C=N–C) groups is 1. The van der Waals surface area contributed by atoms with Gasteiger partial charge in [0.2, 0.25) is 0 Å². The molecule has 0 saturated heterocycles. The zero-order valence-electron chi connectivity index (χ0n) is 9.68. The molecule has 0 aliphatic rings. The molecule has 0 atom stereocenters. The Morgan fingerprint density at radius 3 is 2.08 bits per heavy atom. The highest BCUT2D eigenvalue weighted by atomic mass is 28.4. The average Bonchev–Trinajstić information content (AvgIpc) is 2.03. The van der Waals surface area contributed by atoms with Gasteiger partial charge in [-0.1, -0.05) is 13.8 Å². The topological polar surface area (TPSA) is 21.6 Å². The molecule has 0 radical (unpaired) electrons. The summed E-state index contributed by atoms with van der Waals surface area (Å²) in [4.78, 5) is 4.48. The van der Waals surface area contributed by atoms with Crippen LogP contribution >= 0.6 is 0 Å². The predicted octanol–water partition coefficient (Wildman–Crippen LogP) is 3.10. The number of hydrogen-bond acceptors (Lipinski definition) is 2. The first-order chi connectivity index (χ1) is 5.99. The standard InChI is InChI=1S/C10H23NOSi/c1-6-10(7-2)11-8-9-12-13(3,4)5/h6-9H2,1-5H3. The first-order valence-corrected chi connectivity index (χ1v) is 8.56. The second kappa shape index (κ2) is 6.32. The molecule has 0 saturated carbocycles. The molecule has 0 unspecified atom stereocenters. The van der Waals surface area contributed by atoms with Crippen molar-refractivity contribution in [1.82, 2.24) is 0 Å². The third kappa shape index (κ3) is 8.18. The Morgan fingerprint density at radius 2 is 1.69 bits per heavy atom. The van der Waals surface area contributed by atoms with Gasteiger partial charge in [0.25, 0.3) is 0 Å².